The predicted molar refractivity (Wildman–Crippen MR) is 128 cm³/mol. The van der Waals surface area contributed by atoms with Gasteiger partial charge in [0.25, 0.3) is 5.56 Å². The van der Waals surface area contributed by atoms with Crippen molar-refractivity contribution in [3.05, 3.63) is 100.0 Å². The fraction of sp³-hybridized carbons (Fsp3) is 0.120. The Hall–Kier alpha value is -3.97. The molecular weight excluding hydrogens is 438 g/mol. The molecule has 0 saturated carbocycles. The van der Waals surface area contributed by atoms with E-state index in [0.29, 0.717) is 39.7 Å². The van der Waals surface area contributed by atoms with Gasteiger partial charge in [-0.2, -0.15) is 5.10 Å². The minimum absolute atomic E-state index is 0.131. The number of hydrogen-bond donors (Lipinski definition) is 0. The SMILES string of the molecule is Cn1cc(-c2cc(Oc3ccc4nc(Cc5cccc(Cl)c5)n(C)c(=O)c4c3)ccn2)cn1. The zero-order valence-corrected chi connectivity index (χ0v) is 18.8. The van der Waals surface area contributed by atoms with Gasteiger partial charge in [-0.3, -0.25) is 19.0 Å². The highest BCUT2D eigenvalue weighted by Gasteiger charge is 2.11. The highest BCUT2D eigenvalue weighted by molar-refractivity contribution is 6.30. The number of aromatic nitrogens is 5. The van der Waals surface area contributed by atoms with Crippen molar-refractivity contribution in [3.63, 3.8) is 0 Å². The van der Waals surface area contributed by atoms with E-state index in [4.69, 9.17) is 21.3 Å². The van der Waals surface area contributed by atoms with Crippen LogP contribution in [0.25, 0.3) is 22.2 Å². The number of ether oxygens (including phenoxy) is 1. The Morgan fingerprint density at radius 2 is 1.88 bits per heavy atom. The molecule has 33 heavy (non-hydrogen) atoms. The molecule has 8 heteroatoms. The number of benzene rings is 2. The summed E-state index contributed by atoms with van der Waals surface area (Å²) in [6, 6.07) is 16.5. The van der Waals surface area contributed by atoms with Crippen molar-refractivity contribution in [2.75, 3.05) is 0 Å². The van der Waals surface area contributed by atoms with Crippen molar-refractivity contribution in [3.8, 4) is 22.8 Å². The third-order valence-electron chi connectivity index (χ3n) is 5.36. The summed E-state index contributed by atoms with van der Waals surface area (Å²) < 4.78 is 9.32. The van der Waals surface area contributed by atoms with Crippen LogP contribution >= 0.6 is 11.6 Å². The van der Waals surface area contributed by atoms with Crippen molar-refractivity contribution in [2.24, 2.45) is 14.1 Å². The Kier molecular flexibility index (Phi) is 5.40. The Balaban J connectivity index is 1.45. The van der Waals surface area contributed by atoms with Gasteiger partial charge in [0.05, 0.1) is 22.8 Å². The number of pyridine rings is 1. The van der Waals surface area contributed by atoms with Crippen LogP contribution in [0.5, 0.6) is 11.5 Å². The number of fused-ring (bicyclic) bond motifs is 1. The lowest BCUT2D eigenvalue weighted by Gasteiger charge is -2.11. The van der Waals surface area contributed by atoms with Crippen LogP contribution in [0.15, 0.2) is 78.0 Å². The first-order chi connectivity index (χ1) is 16.0. The molecule has 0 saturated heterocycles. The molecule has 0 aliphatic carbocycles. The summed E-state index contributed by atoms with van der Waals surface area (Å²) in [4.78, 5) is 22.2. The fourth-order valence-corrected chi connectivity index (χ4v) is 3.88. The van der Waals surface area contributed by atoms with Crippen molar-refractivity contribution < 1.29 is 4.74 Å². The lowest BCUT2D eigenvalue weighted by molar-refractivity contribution is 0.483. The summed E-state index contributed by atoms with van der Waals surface area (Å²) in [5.74, 6) is 1.83. The summed E-state index contributed by atoms with van der Waals surface area (Å²) >= 11 is 6.10. The molecule has 164 valence electrons. The highest BCUT2D eigenvalue weighted by Crippen LogP contribution is 2.27. The number of nitrogens with zero attached hydrogens (tertiary/aromatic N) is 5. The molecule has 3 aromatic heterocycles. The normalized spacial score (nSPS) is 11.1. The molecule has 0 amide bonds. The molecule has 0 bridgehead atoms. The third kappa shape index (κ3) is 4.36. The minimum Gasteiger partial charge on any atom is -0.457 e. The molecule has 0 unspecified atom stereocenters. The van der Waals surface area contributed by atoms with Crippen molar-refractivity contribution in [1.29, 1.82) is 0 Å². The van der Waals surface area contributed by atoms with Crippen LogP contribution in [-0.4, -0.2) is 24.3 Å². The van der Waals surface area contributed by atoms with Gasteiger partial charge in [0, 0.05) is 49.6 Å². The summed E-state index contributed by atoms with van der Waals surface area (Å²) in [6.45, 7) is 0. The zero-order valence-electron chi connectivity index (χ0n) is 18.1. The van der Waals surface area contributed by atoms with Crippen LogP contribution in [0.4, 0.5) is 0 Å². The van der Waals surface area contributed by atoms with E-state index in [9.17, 15) is 4.79 Å². The Bertz CT molecular complexity index is 1540. The summed E-state index contributed by atoms with van der Waals surface area (Å²) in [7, 11) is 3.58. The first-order valence-corrected chi connectivity index (χ1v) is 10.7. The molecule has 0 spiro atoms. The molecule has 2 aromatic carbocycles. The van der Waals surface area contributed by atoms with E-state index in [1.165, 1.54) is 0 Å². The second-order valence-corrected chi connectivity index (χ2v) is 8.20. The molecule has 0 atom stereocenters. The second kappa shape index (κ2) is 8.52. The van der Waals surface area contributed by atoms with Crippen LogP contribution in [0.3, 0.4) is 0 Å². The van der Waals surface area contributed by atoms with E-state index in [1.807, 2.05) is 49.6 Å². The maximum absolute atomic E-state index is 13.1. The average molecular weight is 458 g/mol. The first kappa shape index (κ1) is 20.9. The van der Waals surface area contributed by atoms with E-state index in [-0.39, 0.29) is 5.56 Å². The van der Waals surface area contributed by atoms with Gasteiger partial charge in [0.1, 0.15) is 17.3 Å². The van der Waals surface area contributed by atoms with Crippen molar-refractivity contribution in [1.82, 2.24) is 24.3 Å². The van der Waals surface area contributed by atoms with Crippen LogP contribution in [-0.2, 0) is 20.5 Å². The number of halogens is 1. The fourth-order valence-electron chi connectivity index (χ4n) is 3.67. The molecule has 7 nitrogen and oxygen atoms in total. The molecule has 0 N–H and O–H groups in total. The number of aryl methyl sites for hydroxylation is 1. The Morgan fingerprint density at radius 3 is 2.67 bits per heavy atom. The van der Waals surface area contributed by atoms with Crippen molar-refractivity contribution >= 4 is 22.5 Å². The molecule has 0 radical (unpaired) electrons. The maximum atomic E-state index is 13.1. The van der Waals surface area contributed by atoms with Gasteiger partial charge >= 0.3 is 0 Å². The summed E-state index contributed by atoms with van der Waals surface area (Å²) in [5, 5.41) is 5.33. The van der Waals surface area contributed by atoms with E-state index in [1.54, 1.807) is 46.9 Å². The summed E-state index contributed by atoms with van der Waals surface area (Å²) in [5.41, 5.74) is 3.13. The largest absolute Gasteiger partial charge is 0.457 e. The van der Waals surface area contributed by atoms with Gasteiger partial charge in [-0.25, -0.2) is 4.98 Å². The molecule has 0 aliphatic rings. The minimum atomic E-state index is -0.131. The van der Waals surface area contributed by atoms with E-state index in [0.717, 1.165) is 16.8 Å². The van der Waals surface area contributed by atoms with Gasteiger partial charge in [0.15, 0.2) is 0 Å². The number of rotatable bonds is 5. The number of hydrogen-bond acceptors (Lipinski definition) is 5. The van der Waals surface area contributed by atoms with Crippen LogP contribution in [0, 0.1) is 0 Å². The highest BCUT2D eigenvalue weighted by atomic mass is 35.5. The van der Waals surface area contributed by atoms with E-state index < -0.39 is 0 Å². The second-order valence-electron chi connectivity index (χ2n) is 7.76. The van der Waals surface area contributed by atoms with Gasteiger partial charge in [-0.1, -0.05) is 23.7 Å². The van der Waals surface area contributed by atoms with Gasteiger partial charge < -0.3 is 4.74 Å². The van der Waals surface area contributed by atoms with Crippen LogP contribution < -0.4 is 10.3 Å². The average Bonchev–Trinajstić information content (AvgIpc) is 3.24. The molecule has 5 aromatic rings. The monoisotopic (exact) mass is 457 g/mol. The van der Waals surface area contributed by atoms with E-state index in [2.05, 4.69) is 10.1 Å². The van der Waals surface area contributed by atoms with Crippen LogP contribution in [0.2, 0.25) is 5.02 Å². The summed E-state index contributed by atoms with van der Waals surface area (Å²) in [6.07, 6.45) is 5.83. The molecular formula is C25H20ClN5O2. The molecule has 0 fully saturated rings. The Morgan fingerprint density at radius 1 is 1.03 bits per heavy atom. The lowest BCUT2D eigenvalue weighted by Crippen LogP contribution is -2.22. The van der Waals surface area contributed by atoms with Crippen LogP contribution in [0.1, 0.15) is 11.4 Å². The lowest BCUT2D eigenvalue weighted by atomic mass is 10.1. The van der Waals surface area contributed by atoms with E-state index >= 15 is 0 Å². The van der Waals surface area contributed by atoms with Gasteiger partial charge in [0.2, 0.25) is 0 Å². The zero-order chi connectivity index (χ0) is 22.9. The van der Waals surface area contributed by atoms with Crippen molar-refractivity contribution in [2.45, 2.75) is 6.42 Å². The maximum Gasteiger partial charge on any atom is 0.261 e. The standard InChI is InChI=1S/C25H20ClN5O2/c1-30-15-17(14-28-30)23-13-20(8-9-27-23)33-19-6-7-22-21(12-19)25(32)31(2)24(29-22)11-16-4-3-5-18(26)10-16/h3-10,12-15H,11H2,1-2H3. The van der Waals surface area contributed by atoms with Gasteiger partial charge in [-0.15, -0.1) is 0 Å². The molecule has 5 rings (SSSR count). The molecule has 3 heterocycles. The predicted octanol–water partition coefficient (Wildman–Crippen LogP) is 4.77. The Labute approximate surface area is 194 Å². The van der Waals surface area contributed by atoms with Gasteiger partial charge in [-0.05, 0) is 42.0 Å². The quantitative estimate of drug-likeness (QED) is 0.380. The smallest absolute Gasteiger partial charge is 0.261 e. The first-order valence-electron chi connectivity index (χ1n) is 10.3. The molecule has 0 aliphatic heterocycles. The third-order valence-corrected chi connectivity index (χ3v) is 5.59. The topological polar surface area (TPSA) is 74.8 Å².